The fraction of sp³-hybridized carbons (Fsp3) is 0.533. The van der Waals surface area contributed by atoms with Gasteiger partial charge in [-0.15, -0.1) is 0 Å². The summed E-state index contributed by atoms with van der Waals surface area (Å²) >= 11 is 11.6. The standard InChI is InChI=1S/C15H19BrClN3S/c1-14(2)6-15(9-21-8-14)7-19-13(18)20(15)10-3-4-12(17)11(16)5-10/h3-5H,6-9H2,1-2H3,(H2,18,19). The van der Waals surface area contributed by atoms with Crippen molar-refractivity contribution in [1.29, 1.82) is 0 Å². The van der Waals surface area contributed by atoms with Crippen molar-refractivity contribution in [2.24, 2.45) is 16.1 Å². The quantitative estimate of drug-likeness (QED) is 0.786. The highest BCUT2D eigenvalue weighted by molar-refractivity contribution is 9.10. The molecule has 3 rings (SSSR count). The van der Waals surface area contributed by atoms with Gasteiger partial charge < -0.3 is 10.6 Å². The Labute approximate surface area is 143 Å². The first kappa shape index (κ1) is 15.5. The molecule has 0 aromatic heterocycles. The lowest BCUT2D eigenvalue weighted by Gasteiger charge is -2.47. The molecule has 1 fully saturated rings. The first-order chi connectivity index (χ1) is 9.83. The Kier molecular flexibility index (Phi) is 3.95. The number of hydrogen-bond donors (Lipinski definition) is 1. The number of halogens is 2. The first-order valence-electron chi connectivity index (χ1n) is 6.96. The Morgan fingerprint density at radius 2 is 2.14 bits per heavy atom. The number of rotatable bonds is 1. The zero-order chi connectivity index (χ0) is 15.3. The minimum absolute atomic E-state index is 0.0101. The van der Waals surface area contributed by atoms with Crippen molar-refractivity contribution in [3.05, 3.63) is 27.7 Å². The van der Waals surface area contributed by atoms with Crippen LogP contribution in [0.3, 0.4) is 0 Å². The van der Waals surface area contributed by atoms with Crippen LogP contribution in [0.5, 0.6) is 0 Å². The predicted octanol–water partition coefficient (Wildman–Crippen LogP) is 4.14. The molecular weight excluding hydrogens is 370 g/mol. The van der Waals surface area contributed by atoms with Gasteiger partial charge in [-0.2, -0.15) is 11.8 Å². The third-order valence-corrected chi connectivity index (χ3v) is 7.01. The molecule has 2 aliphatic rings. The van der Waals surface area contributed by atoms with Crippen molar-refractivity contribution in [1.82, 2.24) is 0 Å². The summed E-state index contributed by atoms with van der Waals surface area (Å²) in [5.41, 5.74) is 7.56. The number of aliphatic imine (C=N–C) groups is 1. The molecule has 1 aromatic rings. The first-order valence-corrected chi connectivity index (χ1v) is 9.29. The molecule has 1 atom stereocenters. The molecule has 0 radical (unpaired) electrons. The van der Waals surface area contributed by atoms with Gasteiger partial charge in [-0.05, 0) is 51.7 Å². The van der Waals surface area contributed by atoms with Crippen molar-refractivity contribution in [3.63, 3.8) is 0 Å². The smallest absolute Gasteiger partial charge is 0.196 e. The third-order valence-electron chi connectivity index (χ3n) is 4.07. The number of nitrogens with zero attached hydrogens (tertiary/aromatic N) is 2. The Morgan fingerprint density at radius 1 is 1.38 bits per heavy atom. The van der Waals surface area contributed by atoms with Crippen LogP contribution in [0, 0.1) is 5.41 Å². The molecule has 2 N–H and O–H groups in total. The van der Waals surface area contributed by atoms with Gasteiger partial charge in [0.25, 0.3) is 0 Å². The molecule has 0 aliphatic carbocycles. The summed E-state index contributed by atoms with van der Waals surface area (Å²) in [7, 11) is 0. The van der Waals surface area contributed by atoms with Crippen LogP contribution in [0.2, 0.25) is 5.02 Å². The van der Waals surface area contributed by atoms with Crippen LogP contribution in [-0.4, -0.2) is 29.5 Å². The average Bonchev–Trinajstić information content (AvgIpc) is 2.68. The zero-order valence-corrected chi connectivity index (χ0v) is 15.4. The predicted molar refractivity (Wildman–Crippen MR) is 96.6 cm³/mol. The van der Waals surface area contributed by atoms with Crippen molar-refractivity contribution in [2.75, 3.05) is 23.0 Å². The van der Waals surface area contributed by atoms with E-state index in [4.69, 9.17) is 17.3 Å². The van der Waals surface area contributed by atoms with E-state index in [1.54, 1.807) is 0 Å². The van der Waals surface area contributed by atoms with Gasteiger partial charge in [0.2, 0.25) is 0 Å². The lowest BCUT2D eigenvalue weighted by molar-refractivity contribution is 0.282. The number of hydrogen-bond acceptors (Lipinski definition) is 4. The van der Waals surface area contributed by atoms with Crippen LogP contribution in [0.15, 0.2) is 27.7 Å². The molecule has 3 nitrogen and oxygen atoms in total. The van der Waals surface area contributed by atoms with Gasteiger partial charge in [-0.1, -0.05) is 25.4 Å². The molecule has 1 saturated heterocycles. The van der Waals surface area contributed by atoms with Gasteiger partial charge in [0, 0.05) is 15.9 Å². The Balaban J connectivity index is 2.01. The lowest BCUT2D eigenvalue weighted by Crippen LogP contribution is -2.58. The number of benzene rings is 1. The van der Waals surface area contributed by atoms with Gasteiger partial charge in [-0.3, -0.25) is 4.99 Å². The molecule has 0 amide bonds. The average molecular weight is 389 g/mol. The molecule has 0 bridgehead atoms. The monoisotopic (exact) mass is 387 g/mol. The van der Waals surface area contributed by atoms with E-state index in [9.17, 15) is 0 Å². The molecule has 1 aromatic carbocycles. The van der Waals surface area contributed by atoms with Crippen LogP contribution in [0.25, 0.3) is 0 Å². The van der Waals surface area contributed by atoms with Gasteiger partial charge in [0.05, 0.1) is 17.1 Å². The molecule has 21 heavy (non-hydrogen) atoms. The molecule has 2 heterocycles. The number of guanidine groups is 1. The van der Waals surface area contributed by atoms with E-state index in [-0.39, 0.29) is 5.54 Å². The van der Waals surface area contributed by atoms with Crippen LogP contribution in [-0.2, 0) is 0 Å². The van der Waals surface area contributed by atoms with E-state index < -0.39 is 0 Å². The van der Waals surface area contributed by atoms with Gasteiger partial charge in [0.15, 0.2) is 5.96 Å². The third kappa shape index (κ3) is 2.80. The van der Waals surface area contributed by atoms with Crippen LogP contribution in [0.4, 0.5) is 5.69 Å². The topological polar surface area (TPSA) is 41.6 Å². The van der Waals surface area contributed by atoms with Crippen molar-refractivity contribution in [2.45, 2.75) is 25.8 Å². The van der Waals surface area contributed by atoms with Crippen molar-refractivity contribution in [3.8, 4) is 0 Å². The molecular formula is C15H19BrClN3S. The number of nitrogens with two attached hydrogens (primary N) is 1. The largest absolute Gasteiger partial charge is 0.369 e. The minimum Gasteiger partial charge on any atom is -0.369 e. The second-order valence-corrected chi connectivity index (χ2v) is 8.91. The van der Waals surface area contributed by atoms with E-state index in [1.807, 2.05) is 30.0 Å². The van der Waals surface area contributed by atoms with E-state index in [1.165, 1.54) is 5.75 Å². The SMILES string of the molecule is CC1(C)CSCC2(CN=C(N)N2c2ccc(Cl)c(Br)c2)C1. The maximum absolute atomic E-state index is 6.21. The highest BCUT2D eigenvalue weighted by Crippen LogP contribution is 2.46. The molecule has 1 spiro atoms. The summed E-state index contributed by atoms with van der Waals surface area (Å²) in [5.74, 6) is 2.86. The molecule has 0 saturated carbocycles. The van der Waals surface area contributed by atoms with Crippen molar-refractivity contribution < 1.29 is 0 Å². The van der Waals surface area contributed by atoms with Crippen LogP contribution >= 0.6 is 39.3 Å². The normalized spacial score (nSPS) is 28.0. The second-order valence-electron chi connectivity index (χ2n) is 6.67. The highest BCUT2D eigenvalue weighted by atomic mass is 79.9. The molecule has 1 unspecified atom stereocenters. The summed E-state index contributed by atoms with van der Waals surface area (Å²) in [4.78, 5) is 6.76. The van der Waals surface area contributed by atoms with Gasteiger partial charge in [0.1, 0.15) is 0 Å². The molecule has 114 valence electrons. The summed E-state index contributed by atoms with van der Waals surface area (Å²) in [5, 5.41) is 0.709. The summed E-state index contributed by atoms with van der Waals surface area (Å²) in [6.07, 6.45) is 1.09. The Bertz CT molecular complexity index is 605. The lowest BCUT2D eigenvalue weighted by atomic mass is 9.79. The second kappa shape index (κ2) is 5.36. The fourth-order valence-corrected chi connectivity index (χ4v) is 5.34. The van der Waals surface area contributed by atoms with E-state index in [0.717, 1.165) is 28.9 Å². The van der Waals surface area contributed by atoms with Crippen LogP contribution < -0.4 is 10.6 Å². The fourth-order valence-electron chi connectivity index (χ4n) is 3.40. The van der Waals surface area contributed by atoms with Gasteiger partial charge >= 0.3 is 0 Å². The summed E-state index contributed by atoms with van der Waals surface area (Å²) in [6.45, 7) is 5.42. The Morgan fingerprint density at radius 3 is 2.81 bits per heavy atom. The van der Waals surface area contributed by atoms with Crippen molar-refractivity contribution >= 4 is 50.9 Å². The van der Waals surface area contributed by atoms with Gasteiger partial charge in [-0.25, -0.2) is 0 Å². The summed E-state index contributed by atoms with van der Waals surface area (Å²) < 4.78 is 0.888. The maximum atomic E-state index is 6.21. The van der Waals surface area contributed by atoms with Crippen LogP contribution in [0.1, 0.15) is 20.3 Å². The Hall–Kier alpha value is -0.390. The maximum Gasteiger partial charge on any atom is 0.196 e. The highest BCUT2D eigenvalue weighted by Gasteiger charge is 2.49. The van der Waals surface area contributed by atoms with E-state index in [2.05, 4.69) is 39.7 Å². The number of thioether (sulfide) groups is 1. The molecule has 2 aliphatic heterocycles. The van der Waals surface area contributed by atoms with E-state index in [0.29, 0.717) is 16.4 Å². The zero-order valence-electron chi connectivity index (χ0n) is 12.2. The molecule has 6 heteroatoms. The van der Waals surface area contributed by atoms with E-state index >= 15 is 0 Å². The summed E-state index contributed by atoms with van der Waals surface area (Å²) in [6, 6.07) is 5.96. The number of anilines is 1. The minimum atomic E-state index is -0.0101.